The van der Waals surface area contributed by atoms with Gasteiger partial charge in [0.1, 0.15) is 11.4 Å². The lowest BCUT2D eigenvalue weighted by Gasteiger charge is -2.08. The van der Waals surface area contributed by atoms with E-state index in [1.165, 1.54) is 11.3 Å². The molecule has 0 aliphatic rings. The Bertz CT molecular complexity index is 1010. The van der Waals surface area contributed by atoms with Crippen molar-refractivity contribution in [1.29, 1.82) is 0 Å². The molecular formula is C19H15N5OS. The van der Waals surface area contributed by atoms with Crippen LogP contribution in [-0.2, 0) is 6.54 Å². The van der Waals surface area contributed by atoms with Gasteiger partial charge in [0, 0.05) is 36.7 Å². The van der Waals surface area contributed by atoms with E-state index in [0.29, 0.717) is 17.4 Å². The number of carbonyl (C=O) groups excluding carboxylic acids is 1. The van der Waals surface area contributed by atoms with Crippen LogP contribution in [0.5, 0.6) is 0 Å². The summed E-state index contributed by atoms with van der Waals surface area (Å²) in [6, 6.07) is 13.2. The Morgan fingerprint density at radius 2 is 1.92 bits per heavy atom. The van der Waals surface area contributed by atoms with Gasteiger partial charge in [-0.05, 0) is 42.0 Å². The molecule has 0 unspecified atom stereocenters. The van der Waals surface area contributed by atoms with Gasteiger partial charge in [0.05, 0.1) is 5.69 Å². The quantitative estimate of drug-likeness (QED) is 0.588. The number of hydrogen-bond acceptors (Lipinski definition) is 5. The minimum atomic E-state index is -0.189. The summed E-state index contributed by atoms with van der Waals surface area (Å²) in [5, 5.41) is 5.30. The molecule has 6 nitrogen and oxygen atoms in total. The number of nitrogens with zero attached hydrogens (tertiary/aromatic N) is 4. The van der Waals surface area contributed by atoms with Gasteiger partial charge in [-0.1, -0.05) is 6.07 Å². The van der Waals surface area contributed by atoms with E-state index < -0.39 is 0 Å². The van der Waals surface area contributed by atoms with Crippen LogP contribution in [0.15, 0.2) is 72.6 Å². The van der Waals surface area contributed by atoms with Gasteiger partial charge in [0.15, 0.2) is 5.13 Å². The lowest BCUT2D eigenvalue weighted by molar-refractivity contribution is 0.101. The monoisotopic (exact) mass is 361 g/mol. The molecule has 7 heteroatoms. The molecule has 0 spiro atoms. The maximum atomic E-state index is 12.6. The van der Waals surface area contributed by atoms with E-state index in [1.807, 2.05) is 52.5 Å². The second-order valence-electron chi connectivity index (χ2n) is 5.58. The number of thiazole rings is 1. The summed E-state index contributed by atoms with van der Waals surface area (Å²) in [5.74, 6) is -0.189. The van der Waals surface area contributed by atoms with Gasteiger partial charge in [-0.15, -0.1) is 11.3 Å². The molecule has 1 N–H and O–H groups in total. The molecule has 0 aliphatic carbocycles. The lowest BCUT2D eigenvalue weighted by Crippen LogP contribution is -2.17. The summed E-state index contributed by atoms with van der Waals surface area (Å²) in [5.41, 5.74) is 3.19. The standard InChI is InChI=1S/C19H15N5OS/c25-18(17-5-3-11-24(17)12-14-6-9-20-10-7-14)23-19-22-16(13-26-19)15-4-1-2-8-21-15/h1-11,13H,12H2,(H,22,23,25). The van der Waals surface area contributed by atoms with Crippen molar-refractivity contribution in [2.75, 3.05) is 5.32 Å². The highest BCUT2D eigenvalue weighted by molar-refractivity contribution is 7.14. The van der Waals surface area contributed by atoms with E-state index >= 15 is 0 Å². The van der Waals surface area contributed by atoms with Crippen LogP contribution in [0.1, 0.15) is 16.1 Å². The fourth-order valence-electron chi connectivity index (χ4n) is 2.57. The summed E-state index contributed by atoms with van der Waals surface area (Å²) in [6.07, 6.45) is 7.09. The van der Waals surface area contributed by atoms with E-state index in [4.69, 9.17) is 0 Å². The van der Waals surface area contributed by atoms with Crippen LogP contribution in [0.2, 0.25) is 0 Å². The summed E-state index contributed by atoms with van der Waals surface area (Å²) in [7, 11) is 0. The summed E-state index contributed by atoms with van der Waals surface area (Å²) in [4.78, 5) is 25.4. The van der Waals surface area contributed by atoms with E-state index in [0.717, 1.165) is 17.0 Å². The number of hydrogen-bond donors (Lipinski definition) is 1. The number of carbonyl (C=O) groups is 1. The van der Waals surface area contributed by atoms with E-state index in [9.17, 15) is 4.79 Å². The molecule has 0 saturated heterocycles. The van der Waals surface area contributed by atoms with Crippen LogP contribution in [-0.4, -0.2) is 25.4 Å². The first kappa shape index (κ1) is 16.2. The zero-order chi connectivity index (χ0) is 17.8. The maximum Gasteiger partial charge on any atom is 0.274 e. The Balaban J connectivity index is 1.49. The van der Waals surface area contributed by atoms with Gasteiger partial charge >= 0.3 is 0 Å². The number of nitrogens with one attached hydrogen (secondary N) is 1. The summed E-state index contributed by atoms with van der Waals surface area (Å²) < 4.78 is 1.90. The number of aromatic nitrogens is 4. The zero-order valence-electron chi connectivity index (χ0n) is 13.7. The van der Waals surface area contributed by atoms with Gasteiger partial charge in [0.2, 0.25) is 0 Å². The van der Waals surface area contributed by atoms with E-state index in [-0.39, 0.29) is 5.91 Å². The fraction of sp³-hybridized carbons (Fsp3) is 0.0526. The lowest BCUT2D eigenvalue weighted by atomic mass is 10.2. The third kappa shape index (κ3) is 3.52. The van der Waals surface area contributed by atoms with Crippen LogP contribution < -0.4 is 5.32 Å². The van der Waals surface area contributed by atoms with Gasteiger partial charge in [-0.25, -0.2) is 4.98 Å². The highest BCUT2D eigenvalue weighted by atomic mass is 32.1. The normalized spacial score (nSPS) is 10.6. The predicted molar refractivity (Wildman–Crippen MR) is 101 cm³/mol. The van der Waals surface area contributed by atoms with E-state index in [1.54, 1.807) is 24.7 Å². The van der Waals surface area contributed by atoms with Gasteiger partial charge in [0.25, 0.3) is 5.91 Å². The average Bonchev–Trinajstić information content (AvgIpc) is 3.33. The largest absolute Gasteiger partial charge is 0.339 e. The molecule has 0 atom stereocenters. The third-order valence-electron chi connectivity index (χ3n) is 3.82. The smallest absolute Gasteiger partial charge is 0.274 e. The Morgan fingerprint density at radius 1 is 1.04 bits per heavy atom. The van der Waals surface area contributed by atoms with Crippen LogP contribution in [0.4, 0.5) is 5.13 Å². The van der Waals surface area contributed by atoms with Crippen LogP contribution in [0.3, 0.4) is 0 Å². The predicted octanol–water partition coefficient (Wildman–Crippen LogP) is 3.70. The van der Waals surface area contributed by atoms with Crippen molar-refractivity contribution in [3.63, 3.8) is 0 Å². The maximum absolute atomic E-state index is 12.6. The highest BCUT2D eigenvalue weighted by Crippen LogP contribution is 2.23. The van der Waals surface area contributed by atoms with Crippen molar-refractivity contribution in [2.24, 2.45) is 0 Å². The molecule has 4 aromatic rings. The second kappa shape index (κ2) is 7.28. The molecule has 128 valence electrons. The minimum Gasteiger partial charge on any atom is -0.339 e. The first-order valence-electron chi connectivity index (χ1n) is 8.02. The average molecular weight is 361 g/mol. The molecular weight excluding hydrogens is 346 g/mol. The van der Waals surface area contributed by atoms with Gasteiger partial charge in [-0.3, -0.25) is 20.1 Å². The zero-order valence-corrected chi connectivity index (χ0v) is 14.6. The van der Waals surface area contributed by atoms with Crippen molar-refractivity contribution in [3.05, 3.63) is 83.9 Å². The van der Waals surface area contributed by atoms with Gasteiger partial charge in [-0.2, -0.15) is 0 Å². The van der Waals surface area contributed by atoms with Crippen molar-refractivity contribution in [1.82, 2.24) is 19.5 Å². The highest BCUT2D eigenvalue weighted by Gasteiger charge is 2.14. The molecule has 26 heavy (non-hydrogen) atoms. The molecule has 0 radical (unpaired) electrons. The Kier molecular flexibility index (Phi) is 4.53. The van der Waals surface area contributed by atoms with Crippen LogP contribution in [0.25, 0.3) is 11.4 Å². The van der Waals surface area contributed by atoms with Crippen molar-refractivity contribution in [3.8, 4) is 11.4 Å². The molecule has 0 bridgehead atoms. The fourth-order valence-corrected chi connectivity index (χ4v) is 3.27. The molecule has 4 rings (SSSR count). The van der Waals surface area contributed by atoms with Crippen LogP contribution >= 0.6 is 11.3 Å². The molecule has 1 amide bonds. The Morgan fingerprint density at radius 3 is 2.73 bits per heavy atom. The number of rotatable bonds is 5. The Labute approximate surface area is 154 Å². The summed E-state index contributed by atoms with van der Waals surface area (Å²) in [6.45, 7) is 0.606. The number of anilines is 1. The SMILES string of the molecule is O=C(Nc1nc(-c2ccccn2)cs1)c1cccn1Cc1ccncc1. The van der Waals surface area contributed by atoms with Crippen LogP contribution in [0, 0.1) is 0 Å². The third-order valence-corrected chi connectivity index (χ3v) is 4.57. The van der Waals surface area contributed by atoms with Crippen molar-refractivity contribution >= 4 is 22.4 Å². The topological polar surface area (TPSA) is 72.7 Å². The van der Waals surface area contributed by atoms with Crippen molar-refractivity contribution in [2.45, 2.75) is 6.54 Å². The number of pyridine rings is 2. The second-order valence-corrected chi connectivity index (χ2v) is 6.44. The van der Waals surface area contributed by atoms with Gasteiger partial charge < -0.3 is 4.57 Å². The molecule has 4 heterocycles. The van der Waals surface area contributed by atoms with Crippen molar-refractivity contribution < 1.29 is 4.79 Å². The molecule has 4 aromatic heterocycles. The summed E-state index contributed by atoms with van der Waals surface area (Å²) >= 11 is 1.38. The molecule has 0 aliphatic heterocycles. The first-order chi connectivity index (χ1) is 12.8. The minimum absolute atomic E-state index is 0.189. The molecule has 0 fully saturated rings. The molecule has 0 saturated carbocycles. The Hall–Kier alpha value is -3.32. The first-order valence-corrected chi connectivity index (χ1v) is 8.90. The molecule has 0 aromatic carbocycles. The van der Waals surface area contributed by atoms with E-state index in [2.05, 4.69) is 20.3 Å². The number of amides is 1.